The van der Waals surface area contributed by atoms with E-state index in [1.54, 1.807) is 4.90 Å². The minimum Gasteiger partial charge on any atom is -0.368 e. The smallest absolute Gasteiger partial charge is 0.242 e. The van der Waals surface area contributed by atoms with Crippen LogP contribution in [0, 0.1) is 0 Å². The lowest BCUT2D eigenvalue weighted by atomic mass is 10.2. The summed E-state index contributed by atoms with van der Waals surface area (Å²) in [7, 11) is 1.85. The van der Waals surface area contributed by atoms with Crippen molar-refractivity contribution in [1.82, 2.24) is 15.5 Å². The number of amides is 2. The Morgan fingerprint density at radius 2 is 1.96 bits per heavy atom. The van der Waals surface area contributed by atoms with Crippen molar-refractivity contribution < 1.29 is 9.59 Å². The van der Waals surface area contributed by atoms with Crippen molar-refractivity contribution >= 4 is 29.1 Å². The van der Waals surface area contributed by atoms with E-state index in [0.29, 0.717) is 24.5 Å². The topological polar surface area (TPSA) is 64.7 Å². The van der Waals surface area contributed by atoms with E-state index in [2.05, 4.69) is 15.5 Å². The van der Waals surface area contributed by atoms with Crippen molar-refractivity contribution in [2.24, 2.45) is 0 Å². The van der Waals surface area contributed by atoms with E-state index in [0.717, 1.165) is 31.7 Å². The maximum absolute atomic E-state index is 12.2. The van der Waals surface area contributed by atoms with Crippen molar-refractivity contribution in [3.8, 4) is 0 Å². The number of carbonyl (C=O) groups excluding carboxylic acids is 2. The summed E-state index contributed by atoms with van der Waals surface area (Å²) < 4.78 is 0. The Bertz CT molecular complexity index is 559. The molecule has 2 amide bonds. The molecule has 1 aromatic rings. The predicted octanol–water partition coefficient (Wildman–Crippen LogP) is 1.10. The van der Waals surface area contributed by atoms with Gasteiger partial charge in [-0.2, -0.15) is 0 Å². The van der Waals surface area contributed by atoms with Crippen LogP contribution in [-0.2, 0) is 9.59 Å². The van der Waals surface area contributed by atoms with Gasteiger partial charge < -0.3 is 20.4 Å². The second-order valence-corrected chi connectivity index (χ2v) is 6.27. The summed E-state index contributed by atoms with van der Waals surface area (Å²) in [5.74, 6) is -0.0983. The number of halogens is 1. The molecular formula is C17H25ClN4O2. The molecule has 1 fully saturated rings. The molecule has 0 aliphatic carbocycles. The summed E-state index contributed by atoms with van der Waals surface area (Å²) in [6.07, 6.45) is 1.21. The van der Waals surface area contributed by atoms with Crippen LogP contribution in [0.1, 0.15) is 12.8 Å². The lowest BCUT2D eigenvalue weighted by Crippen LogP contribution is -2.51. The molecule has 0 saturated carbocycles. The largest absolute Gasteiger partial charge is 0.368 e. The third kappa shape index (κ3) is 5.69. The average Bonchev–Trinajstić information content (AvgIpc) is 2.60. The number of anilines is 1. The number of benzene rings is 1. The zero-order valence-corrected chi connectivity index (χ0v) is 14.8. The van der Waals surface area contributed by atoms with Gasteiger partial charge in [-0.25, -0.2) is 0 Å². The van der Waals surface area contributed by atoms with Crippen LogP contribution >= 0.6 is 11.6 Å². The van der Waals surface area contributed by atoms with Crippen molar-refractivity contribution in [3.63, 3.8) is 0 Å². The molecule has 0 spiro atoms. The fraction of sp³-hybridized carbons (Fsp3) is 0.529. The van der Waals surface area contributed by atoms with Crippen LogP contribution < -0.4 is 15.5 Å². The van der Waals surface area contributed by atoms with E-state index >= 15 is 0 Å². The van der Waals surface area contributed by atoms with Gasteiger partial charge in [-0.15, -0.1) is 0 Å². The Labute approximate surface area is 148 Å². The van der Waals surface area contributed by atoms with Crippen molar-refractivity contribution in [2.45, 2.75) is 12.8 Å². The van der Waals surface area contributed by atoms with Gasteiger partial charge >= 0.3 is 0 Å². The van der Waals surface area contributed by atoms with Crippen LogP contribution in [0.2, 0.25) is 5.02 Å². The second-order valence-electron chi connectivity index (χ2n) is 5.83. The van der Waals surface area contributed by atoms with Gasteiger partial charge in [-0.3, -0.25) is 9.59 Å². The average molecular weight is 353 g/mol. The number of nitrogens with one attached hydrogen (secondary N) is 2. The van der Waals surface area contributed by atoms with E-state index in [9.17, 15) is 9.59 Å². The monoisotopic (exact) mass is 352 g/mol. The van der Waals surface area contributed by atoms with E-state index < -0.39 is 0 Å². The summed E-state index contributed by atoms with van der Waals surface area (Å²) in [5, 5.41) is 6.41. The fourth-order valence-corrected chi connectivity index (χ4v) is 2.87. The highest BCUT2D eigenvalue weighted by molar-refractivity contribution is 6.30. The molecule has 0 aromatic heterocycles. The summed E-state index contributed by atoms with van der Waals surface area (Å²) in [6, 6.07) is 7.74. The lowest BCUT2D eigenvalue weighted by molar-refractivity contribution is -0.133. The minimum atomic E-state index is -0.0730. The molecule has 1 aliphatic heterocycles. The van der Waals surface area contributed by atoms with Crippen LogP contribution in [-0.4, -0.2) is 63.0 Å². The zero-order chi connectivity index (χ0) is 17.4. The molecule has 2 N–H and O–H groups in total. The normalized spacial score (nSPS) is 14.6. The van der Waals surface area contributed by atoms with Crippen LogP contribution in [0.15, 0.2) is 24.3 Å². The standard InChI is InChI=1S/C17H25ClN4O2/c1-19-7-3-6-16(23)20-13-17(24)22-10-8-21(9-11-22)15-5-2-4-14(18)12-15/h2,4-5,12,19H,3,6-11,13H2,1H3,(H,20,23). The SMILES string of the molecule is CNCCCC(=O)NCC(=O)N1CCN(c2cccc(Cl)c2)CC1. The fourth-order valence-electron chi connectivity index (χ4n) is 2.69. The summed E-state index contributed by atoms with van der Waals surface area (Å²) in [6.45, 7) is 3.72. The highest BCUT2D eigenvalue weighted by Crippen LogP contribution is 2.20. The second kappa shape index (κ2) is 9.49. The Hall–Kier alpha value is -1.79. The summed E-state index contributed by atoms with van der Waals surface area (Å²) in [4.78, 5) is 27.8. The Kier molecular flexibility index (Phi) is 7.34. The molecule has 0 unspecified atom stereocenters. The molecule has 0 bridgehead atoms. The third-order valence-electron chi connectivity index (χ3n) is 4.07. The molecule has 1 aromatic carbocycles. The van der Waals surface area contributed by atoms with Crippen molar-refractivity contribution in [1.29, 1.82) is 0 Å². The molecule has 2 rings (SSSR count). The van der Waals surface area contributed by atoms with E-state index in [4.69, 9.17) is 11.6 Å². The molecule has 7 heteroatoms. The van der Waals surface area contributed by atoms with Gasteiger partial charge in [0.05, 0.1) is 6.54 Å². The molecule has 6 nitrogen and oxygen atoms in total. The number of hydrogen-bond acceptors (Lipinski definition) is 4. The van der Waals surface area contributed by atoms with Gasteiger partial charge in [0.25, 0.3) is 0 Å². The van der Waals surface area contributed by atoms with Gasteiger partial charge in [-0.1, -0.05) is 17.7 Å². The number of rotatable bonds is 7. The van der Waals surface area contributed by atoms with Gasteiger partial charge in [0.15, 0.2) is 0 Å². The Morgan fingerprint density at radius 3 is 2.62 bits per heavy atom. The number of hydrogen-bond donors (Lipinski definition) is 2. The van der Waals surface area contributed by atoms with Crippen LogP contribution in [0.3, 0.4) is 0 Å². The first-order valence-electron chi connectivity index (χ1n) is 8.29. The first-order chi connectivity index (χ1) is 11.6. The maximum atomic E-state index is 12.2. The first-order valence-corrected chi connectivity index (χ1v) is 8.67. The highest BCUT2D eigenvalue weighted by atomic mass is 35.5. The summed E-state index contributed by atoms with van der Waals surface area (Å²) in [5.41, 5.74) is 1.08. The van der Waals surface area contributed by atoms with E-state index in [1.807, 2.05) is 31.3 Å². The molecule has 1 saturated heterocycles. The number of carbonyl (C=O) groups is 2. The lowest BCUT2D eigenvalue weighted by Gasteiger charge is -2.36. The molecule has 24 heavy (non-hydrogen) atoms. The predicted molar refractivity (Wildman–Crippen MR) is 96.4 cm³/mol. The van der Waals surface area contributed by atoms with E-state index in [-0.39, 0.29) is 18.4 Å². The van der Waals surface area contributed by atoms with Crippen LogP contribution in [0.4, 0.5) is 5.69 Å². The van der Waals surface area contributed by atoms with E-state index in [1.165, 1.54) is 0 Å². The molecule has 0 atom stereocenters. The maximum Gasteiger partial charge on any atom is 0.242 e. The molecule has 0 radical (unpaired) electrons. The van der Waals surface area contributed by atoms with Gasteiger partial charge in [0.1, 0.15) is 0 Å². The van der Waals surface area contributed by atoms with Crippen molar-refractivity contribution in [2.75, 3.05) is 51.2 Å². The number of nitrogens with zero attached hydrogens (tertiary/aromatic N) is 2. The third-order valence-corrected chi connectivity index (χ3v) is 4.31. The van der Waals surface area contributed by atoms with Gasteiger partial charge in [0, 0.05) is 43.3 Å². The molecule has 1 aliphatic rings. The number of piperazine rings is 1. The summed E-state index contributed by atoms with van der Waals surface area (Å²) >= 11 is 6.02. The molecular weight excluding hydrogens is 328 g/mol. The van der Waals surface area contributed by atoms with Crippen molar-refractivity contribution in [3.05, 3.63) is 29.3 Å². The molecule has 132 valence electrons. The quantitative estimate of drug-likeness (QED) is 0.721. The Balaban J connectivity index is 1.71. The molecule has 1 heterocycles. The van der Waals surface area contributed by atoms with Crippen LogP contribution in [0.5, 0.6) is 0 Å². The Morgan fingerprint density at radius 1 is 1.21 bits per heavy atom. The minimum absolute atomic E-state index is 0.0253. The van der Waals surface area contributed by atoms with Gasteiger partial charge in [-0.05, 0) is 38.2 Å². The first kappa shape index (κ1) is 18.5. The zero-order valence-electron chi connectivity index (χ0n) is 14.1. The van der Waals surface area contributed by atoms with Crippen LogP contribution in [0.25, 0.3) is 0 Å². The van der Waals surface area contributed by atoms with Gasteiger partial charge in [0.2, 0.25) is 11.8 Å². The highest BCUT2D eigenvalue weighted by Gasteiger charge is 2.21.